The number of likely N-dealkylation sites (tertiary alicyclic amines) is 1. The number of anilines is 2. The summed E-state index contributed by atoms with van der Waals surface area (Å²) in [6.07, 6.45) is 8.02. The predicted octanol–water partition coefficient (Wildman–Crippen LogP) is 2.49. The third kappa shape index (κ3) is 3.76. The van der Waals surface area contributed by atoms with E-state index in [2.05, 4.69) is 14.9 Å². The number of carbonyl (C=O) groups excluding carboxylic acids is 2. The summed E-state index contributed by atoms with van der Waals surface area (Å²) in [7, 11) is 0. The Kier molecular flexibility index (Phi) is 5.11. The summed E-state index contributed by atoms with van der Waals surface area (Å²) in [5.41, 5.74) is 0.876. The summed E-state index contributed by atoms with van der Waals surface area (Å²) in [4.78, 5) is 40.3. The summed E-state index contributed by atoms with van der Waals surface area (Å²) in [6, 6.07) is 12.6. The molecule has 2 aromatic rings. The van der Waals surface area contributed by atoms with Gasteiger partial charge in [0.05, 0.1) is 5.92 Å². The number of piperidine rings is 1. The molecule has 3 aliphatic rings. The SMILES string of the molecule is O=C(C1CC(=O)N(c2ccccc2)C1)N1CCC(N(c2ccncn2)C2CC2)CC1. The van der Waals surface area contributed by atoms with E-state index >= 15 is 0 Å². The van der Waals surface area contributed by atoms with Crippen molar-refractivity contribution in [2.24, 2.45) is 5.92 Å². The van der Waals surface area contributed by atoms with E-state index in [9.17, 15) is 9.59 Å². The lowest BCUT2D eigenvalue weighted by molar-refractivity contribution is -0.136. The van der Waals surface area contributed by atoms with Crippen LogP contribution in [-0.4, -0.2) is 58.4 Å². The Morgan fingerprint density at radius 3 is 2.40 bits per heavy atom. The largest absolute Gasteiger partial charge is 0.350 e. The molecule has 1 unspecified atom stereocenters. The molecule has 5 rings (SSSR count). The third-order valence-corrected chi connectivity index (χ3v) is 6.48. The quantitative estimate of drug-likeness (QED) is 0.764. The average Bonchev–Trinajstić information content (AvgIpc) is 3.55. The molecular weight excluding hydrogens is 378 g/mol. The average molecular weight is 406 g/mol. The minimum Gasteiger partial charge on any atom is -0.350 e. The van der Waals surface area contributed by atoms with Crippen LogP contribution in [0, 0.1) is 5.92 Å². The molecule has 2 saturated heterocycles. The first-order valence-electron chi connectivity index (χ1n) is 10.9. The third-order valence-electron chi connectivity index (χ3n) is 6.48. The van der Waals surface area contributed by atoms with Crippen molar-refractivity contribution in [3.05, 3.63) is 48.9 Å². The number of amides is 2. The maximum absolute atomic E-state index is 13.1. The maximum atomic E-state index is 13.1. The van der Waals surface area contributed by atoms with Crippen molar-refractivity contribution in [3.8, 4) is 0 Å². The topological polar surface area (TPSA) is 69.6 Å². The molecule has 0 spiro atoms. The molecule has 7 nitrogen and oxygen atoms in total. The highest BCUT2D eigenvalue weighted by Crippen LogP contribution is 2.35. The van der Waals surface area contributed by atoms with Crippen LogP contribution in [0.4, 0.5) is 11.5 Å². The summed E-state index contributed by atoms with van der Waals surface area (Å²) in [6.45, 7) is 1.97. The Balaban J connectivity index is 1.21. The standard InChI is InChI=1S/C23H27N5O2/c29-22-14-17(15-27(22)18-4-2-1-3-5-18)23(30)26-12-9-20(10-13-26)28(19-6-7-19)21-8-11-24-16-25-21/h1-5,8,11,16-17,19-20H,6-7,9-10,12-15H2. The molecule has 3 fully saturated rings. The number of benzene rings is 1. The number of para-hydroxylation sites is 1. The van der Waals surface area contributed by atoms with E-state index in [0.717, 1.165) is 37.4 Å². The molecule has 0 bridgehead atoms. The molecule has 2 aliphatic heterocycles. The van der Waals surface area contributed by atoms with E-state index in [1.54, 1.807) is 17.4 Å². The second kappa shape index (κ2) is 8.05. The molecule has 2 amide bonds. The summed E-state index contributed by atoms with van der Waals surface area (Å²) in [5, 5.41) is 0. The highest BCUT2D eigenvalue weighted by atomic mass is 16.2. The first kappa shape index (κ1) is 19.0. The Bertz CT molecular complexity index is 894. The van der Waals surface area contributed by atoms with Crippen LogP contribution >= 0.6 is 0 Å². The predicted molar refractivity (Wildman–Crippen MR) is 114 cm³/mol. The van der Waals surface area contributed by atoms with Crippen LogP contribution in [0.15, 0.2) is 48.9 Å². The van der Waals surface area contributed by atoms with E-state index in [0.29, 0.717) is 25.0 Å². The first-order valence-corrected chi connectivity index (χ1v) is 10.9. The van der Waals surface area contributed by atoms with Gasteiger partial charge in [0.15, 0.2) is 0 Å². The van der Waals surface area contributed by atoms with Gasteiger partial charge < -0.3 is 14.7 Å². The van der Waals surface area contributed by atoms with Crippen LogP contribution in [-0.2, 0) is 9.59 Å². The first-order chi connectivity index (χ1) is 14.7. The van der Waals surface area contributed by atoms with E-state index in [1.165, 1.54) is 12.8 Å². The fourth-order valence-electron chi connectivity index (χ4n) is 4.81. The molecule has 0 radical (unpaired) electrons. The molecule has 156 valence electrons. The smallest absolute Gasteiger partial charge is 0.228 e. The van der Waals surface area contributed by atoms with E-state index in [4.69, 9.17) is 0 Å². The zero-order valence-corrected chi connectivity index (χ0v) is 17.1. The van der Waals surface area contributed by atoms with Gasteiger partial charge in [-0.05, 0) is 43.9 Å². The monoisotopic (exact) mass is 405 g/mol. The number of aromatic nitrogens is 2. The van der Waals surface area contributed by atoms with Crippen LogP contribution in [0.1, 0.15) is 32.1 Å². The van der Waals surface area contributed by atoms with E-state index < -0.39 is 0 Å². The van der Waals surface area contributed by atoms with Gasteiger partial charge in [-0.3, -0.25) is 9.59 Å². The highest BCUT2D eigenvalue weighted by Gasteiger charge is 2.40. The van der Waals surface area contributed by atoms with Gasteiger partial charge >= 0.3 is 0 Å². The van der Waals surface area contributed by atoms with Gasteiger partial charge in [0, 0.05) is 50.0 Å². The lowest BCUT2D eigenvalue weighted by Crippen LogP contribution is -2.49. The van der Waals surface area contributed by atoms with Crippen molar-refractivity contribution < 1.29 is 9.59 Å². The zero-order valence-electron chi connectivity index (χ0n) is 17.1. The Morgan fingerprint density at radius 2 is 1.73 bits per heavy atom. The molecule has 1 aliphatic carbocycles. The number of hydrogen-bond donors (Lipinski definition) is 0. The lowest BCUT2D eigenvalue weighted by Gasteiger charge is -2.40. The van der Waals surface area contributed by atoms with Crippen LogP contribution in [0.25, 0.3) is 0 Å². The number of rotatable bonds is 5. The van der Waals surface area contributed by atoms with Gasteiger partial charge in [0.1, 0.15) is 12.1 Å². The van der Waals surface area contributed by atoms with Crippen LogP contribution in [0.2, 0.25) is 0 Å². The molecule has 1 atom stereocenters. The van der Waals surface area contributed by atoms with Gasteiger partial charge in [-0.2, -0.15) is 0 Å². The molecule has 7 heteroatoms. The molecule has 1 saturated carbocycles. The van der Waals surface area contributed by atoms with Crippen molar-refractivity contribution in [2.45, 2.75) is 44.2 Å². The fourth-order valence-corrected chi connectivity index (χ4v) is 4.81. The Hall–Kier alpha value is -2.96. The van der Waals surface area contributed by atoms with Crippen LogP contribution in [0.5, 0.6) is 0 Å². The summed E-state index contributed by atoms with van der Waals surface area (Å²) >= 11 is 0. The molecule has 1 aromatic carbocycles. The van der Waals surface area contributed by atoms with E-state index in [1.807, 2.05) is 41.3 Å². The van der Waals surface area contributed by atoms with Crippen LogP contribution in [0.3, 0.4) is 0 Å². The number of hydrogen-bond acceptors (Lipinski definition) is 5. The minimum atomic E-state index is -0.240. The fraction of sp³-hybridized carbons (Fsp3) is 0.478. The van der Waals surface area contributed by atoms with Crippen molar-refractivity contribution in [1.82, 2.24) is 14.9 Å². The van der Waals surface area contributed by atoms with Gasteiger partial charge in [-0.25, -0.2) is 9.97 Å². The zero-order chi connectivity index (χ0) is 20.5. The number of nitrogens with zero attached hydrogens (tertiary/aromatic N) is 5. The molecule has 0 N–H and O–H groups in total. The van der Waals surface area contributed by atoms with Crippen molar-refractivity contribution >= 4 is 23.3 Å². The van der Waals surface area contributed by atoms with Crippen molar-refractivity contribution in [2.75, 3.05) is 29.4 Å². The molecule has 1 aromatic heterocycles. The maximum Gasteiger partial charge on any atom is 0.228 e. The van der Waals surface area contributed by atoms with Gasteiger partial charge in [-0.1, -0.05) is 18.2 Å². The Labute approximate surface area is 176 Å². The second-order valence-corrected chi connectivity index (χ2v) is 8.50. The molecule has 30 heavy (non-hydrogen) atoms. The molecule has 3 heterocycles. The normalized spacial score (nSPS) is 22.4. The Morgan fingerprint density at radius 1 is 1.00 bits per heavy atom. The van der Waals surface area contributed by atoms with Gasteiger partial charge in [-0.15, -0.1) is 0 Å². The van der Waals surface area contributed by atoms with Crippen molar-refractivity contribution in [3.63, 3.8) is 0 Å². The summed E-state index contributed by atoms with van der Waals surface area (Å²) < 4.78 is 0. The highest BCUT2D eigenvalue weighted by molar-refractivity contribution is 6.00. The second-order valence-electron chi connectivity index (χ2n) is 8.50. The number of carbonyl (C=O) groups is 2. The minimum absolute atomic E-state index is 0.0399. The van der Waals surface area contributed by atoms with Gasteiger partial charge in [0.25, 0.3) is 0 Å². The molecular formula is C23H27N5O2. The van der Waals surface area contributed by atoms with Crippen LogP contribution < -0.4 is 9.80 Å². The van der Waals surface area contributed by atoms with Crippen molar-refractivity contribution in [1.29, 1.82) is 0 Å². The summed E-state index contributed by atoms with van der Waals surface area (Å²) in [5.74, 6) is 0.922. The lowest BCUT2D eigenvalue weighted by atomic mass is 10.00. The van der Waals surface area contributed by atoms with E-state index in [-0.39, 0.29) is 17.7 Å². The van der Waals surface area contributed by atoms with Gasteiger partial charge in [0.2, 0.25) is 11.8 Å².